The molecule has 1 unspecified atom stereocenters. The average Bonchev–Trinajstić information content (AvgIpc) is 2.59. The summed E-state index contributed by atoms with van der Waals surface area (Å²) < 4.78 is 14.4. The molecule has 0 bridgehead atoms. The molecule has 1 fully saturated rings. The summed E-state index contributed by atoms with van der Waals surface area (Å²) in [5.41, 5.74) is 0.260. The zero-order valence-corrected chi connectivity index (χ0v) is 11.7. The van der Waals surface area contributed by atoms with Crippen molar-refractivity contribution in [3.63, 3.8) is 0 Å². The second kappa shape index (κ2) is 5.07. The standard InChI is InChI=1S/C11H10ClFINO2/c12-7-2-8(13)11(9(14)3-7)15-4-6(5-16)1-10(15)17/h2-3,6,16H,1,4-5H2. The van der Waals surface area contributed by atoms with Gasteiger partial charge in [0.15, 0.2) is 0 Å². The fourth-order valence-corrected chi connectivity index (χ4v) is 3.19. The molecule has 3 nitrogen and oxygen atoms in total. The topological polar surface area (TPSA) is 40.5 Å². The third kappa shape index (κ3) is 2.56. The van der Waals surface area contributed by atoms with Gasteiger partial charge >= 0.3 is 0 Å². The molecule has 0 aromatic heterocycles. The number of aliphatic hydroxyl groups excluding tert-OH is 1. The molecule has 0 saturated carbocycles. The number of halogens is 3. The normalized spacial score (nSPS) is 20.1. The van der Waals surface area contributed by atoms with Crippen LogP contribution in [0.5, 0.6) is 0 Å². The Kier molecular flexibility index (Phi) is 3.89. The van der Waals surface area contributed by atoms with Crippen LogP contribution in [-0.2, 0) is 4.79 Å². The average molecular weight is 370 g/mol. The Hall–Kier alpha value is -0.400. The van der Waals surface area contributed by atoms with E-state index in [2.05, 4.69) is 0 Å². The number of hydrogen-bond acceptors (Lipinski definition) is 2. The Morgan fingerprint density at radius 2 is 2.29 bits per heavy atom. The Morgan fingerprint density at radius 1 is 1.59 bits per heavy atom. The molecule has 92 valence electrons. The predicted molar refractivity (Wildman–Crippen MR) is 71.7 cm³/mol. The predicted octanol–water partition coefficient (Wildman–Crippen LogP) is 2.43. The van der Waals surface area contributed by atoms with Crippen molar-refractivity contribution in [2.45, 2.75) is 6.42 Å². The van der Waals surface area contributed by atoms with Crippen LogP contribution in [0.2, 0.25) is 5.02 Å². The fraction of sp³-hybridized carbons (Fsp3) is 0.364. The van der Waals surface area contributed by atoms with Gasteiger partial charge in [0.05, 0.1) is 5.69 Å². The van der Waals surface area contributed by atoms with Gasteiger partial charge in [-0.05, 0) is 34.7 Å². The van der Waals surface area contributed by atoms with E-state index in [1.807, 2.05) is 22.6 Å². The number of carbonyl (C=O) groups is 1. The summed E-state index contributed by atoms with van der Waals surface area (Å²) in [6.07, 6.45) is 0.259. The lowest BCUT2D eigenvalue weighted by atomic mass is 10.1. The SMILES string of the molecule is O=C1CC(CO)CN1c1c(F)cc(Cl)cc1I. The van der Waals surface area contributed by atoms with E-state index in [9.17, 15) is 9.18 Å². The van der Waals surface area contributed by atoms with E-state index in [1.165, 1.54) is 11.0 Å². The Balaban J connectivity index is 2.38. The van der Waals surface area contributed by atoms with Crippen molar-refractivity contribution in [2.75, 3.05) is 18.1 Å². The van der Waals surface area contributed by atoms with Crippen molar-refractivity contribution >= 4 is 45.8 Å². The number of aliphatic hydroxyl groups is 1. The summed E-state index contributed by atoms with van der Waals surface area (Å²) in [7, 11) is 0. The molecular weight excluding hydrogens is 359 g/mol. The first kappa shape index (κ1) is 13.0. The van der Waals surface area contributed by atoms with Crippen LogP contribution >= 0.6 is 34.2 Å². The summed E-state index contributed by atoms with van der Waals surface area (Å²) in [4.78, 5) is 13.1. The van der Waals surface area contributed by atoms with Gasteiger partial charge in [-0.1, -0.05) is 11.6 Å². The maximum absolute atomic E-state index is 13.8. The lowest BCUT2D eigenvalue weighted by Crippen LogP contribution is -2.26. The number of carbonyl (C=O) groups excluding carboxylic acids is 1. The quantitative estimate of drug-likeness (QED) is 0.814. The number of rotatable bonds is 2. The number of anilines is 1. The molecule has 0 radical (unpaired) electrons. The largest absolute Gasteiger partial charge is 0.396 e. The van der Waals surface area contributed by atoms with Crippen LogP contribution in [0.1, 0.15) is 6.42 Å². The summed E-state index contributed by atoms with van der Waals surface area (Å²) in [6, 6.07) is 2.80. The maximum atomic E-state index is 13.8. The number of amides is 1. The molecule has 0 spiro atoms. The molecule has 1 N–H and O–H groups in total. The third-order valence-corrected chi connectivity index (χ3v) is 3.76. The highest BCUT2D eigenvalue weighted by molar-refractivity contribution is 14.1. The highest BCUT2D eigenvalue weighted by Gasteiger charge is 2.32. The number of benzene rings is 1. The minimum absolute atomic E-state index is 0.0615. The molecule has 1 aliphatic heterocycles. The van der Waals surface area contributed by atoms with Gasteiger partial charge in [-0.25, -0.2) is 4.39 Å². The van der Waals surface area contributed by atoms with E-state index in [4.69, 9.17) is 16.7 Å². The van der Waals surface area contributed by atoms with Crippen molar-refractivity contribution in [1.82, 2.24) is 0 Å². The summed E-state index contributed by atoms with van der Waals surface area (Å²) in [6.45, 7) is 0.290. The number of nitrogens with zero attached hydrogens (tertiary/aromatic N) is 1. The molecule has 6 heteroatoms. The second-order valence-corrected chi connectivity index (χ2v) is 5.57. The minimum atomic E-state index is -0.506. The molecule has 1 aliphatic rings. The van der Waals surface area contributed by atoms with Crippen molar-refractivity contribution in [1.29, 1.82) is 0 Å². The van der Waals surface area contributed by atoms with E-state index in [0.717, 1.165) is 0 Å². The molecular formula is C11H10ClFINO2. The smallest absolute Gasteiger partial charge is 0.227 e. The summed E-state index contributed by atoms with van der Waals surface area (Å²) >= 11 is 7.68. The first-order valence-corrected chi connectivity index (χ1v) is 6.54. The van der Waals surface area contributed by atoms with Crippen LogP contribution in [0.3, 0.4) is 0 Å². The molecule has 1 heterocycles. The second-order valence-electron chi connectivity index (χ2n) is 3.98. The Labute approximate surface area is 117 Å². The van der Waals surface area contributed by atoms with E-state index in [-0.39, 0.29) is 30.5 Å². The summed E-state index contributed by atoms with van der Waals surface area (Å²) in [5.74, 6) is -0.787. The molecule has 1 aromatic rings. The maximum Gasteiger partial charge on any atom is 0.227 e. The zero-order chi connectivity index (χ0) is 12.6. The molecule has 1 amide bonds. The van der Waals surface area contributed by atoms with Crippen molar-refractivity contribution in [3.8, 4) is 0 Å². The van der Waals surface area contributed by atoms with Crippen LogP contribution in [-0.4, -0.2) is 24.2 Å². The Bertz CT molecular complexity index is 446. The van der Waals surface area contributed by atoms with Crippen LogP contribution in [0.4, 0.5) is 10.1 Å². The molecule has 17 heavy (non-hydrogen) atoms. The van der Waals surface area contributed by atoms with Crippen molar-refractivity contribution in [3.05, 3.63) is 26.5 Å². The minimum Gasteiger partial charge on any atom is -0.396 e. The van der Waals surface area contributed by atoms with Gasteiger partial charge in [0.25, 0.3) is 0 Å². The molecule has 2 rings (SSSR count). The summed E-state index contributed by atoms with van der Waals surface area (Å²) in [5, 5.41) is 9.34. The fourth-order valence-electron chi connectivity index (χ4n) is 1.91. The number of hydrogen-bond donors (Lipinski definition) is 1. The molecule has 1 aromatic carbocycles. The van der Waals surface area contributed by atoms with E-state index in [0.29, 0.717) is 15.1 Å². The van der Waals surface area contributed by atoms with Crippen LogP contribution < -0.4 is 4.90 Å². The molecule has 0 aliphatic carbocycles. The van der Waals surface area contributed by atoms with Crippen molar-refractivity contribution in [2.24, 2.45) is 5.92 Å². The first-order valence-electron chi connectivity index (χ1n) is 5.08. The van der Waals surface area contributed by atoms with Gasteiger partial charge in [-0.15, -0.1) is 0 Å². The van der Waals surface area contributed by atoms with Crippen molar-refractivity contribution < 1.29 is 14.3 Å². The van der Waals surface area contributed by atoms with Gasteiger partial charge in [-0.2, -0.15) is 0 Å². The van der Waals surface area contributed by atoms with Gasteiger partial charge in [0.1, 0.15) is 5.82 Å². The lowest BCUT2D eigenvalue weighted by Gasteiger charge is -2.19. The highest BCUT2D eigenvalue weighted by atomic mass is 127. The molecule has 1 atom stereocenters. The van der Waals surface area contributed by atoms with Crippen LogP contribution in [0, 0.1) is 15.3 Å². The molecule has 1 saturated heterocycles. The van der Waals surface area contributed by atoms with Crippen LogP contribution in [0.15, 0.2) is 12.1 Å². The van der Waals surface area contributed by atoms with Crippen LogP contribution in [0.25, 0.3) is 0 Å². The lowest BCUT2D eigenvalue weighted by molar-refractivity contribution is -0.117. The monoisotopic (exact) mass is 369 g/mol. The van der Waals surface area contributed by atoms with E-state index in [1.54, 1.807) is 6.07 Å². The van der Waals surface area contributed by atoms with Gasteiger partial charge < -0.3 is 10.0 Å². The third-order valence-electron chi connectivity index (χ3n) is 2.71. The van der Waals surface area contributed by atoms with Gasteiger partial charge in [0, 0.05) is 34.1 Å². The zero-order valence-electron chi connectivity index (χ0n) is 8.79. The Morgan fingerprint density at radius 3 is 2.82 bits per heavy atom. The van der Waals surface area contributed by atoms with Gasteiger partial charge in [0.2, 0.25) is 5.91 Å². The van der Waals surface area contributed by atoms with Gasteiger partial charge in [-0.3, -0.25) is 4.79 Å². The first-order chi connectivity index (χ1) is 8.02. The van der Waals surface area contributed by atoms with E-state index >= 15 is 0 Å². The highest BCUT2D eigenvalue weighted by Crippen LogP contribution is 2.33. The van der Waals surface area contributed by atoms with E-state index < -0.39 is 5.82 Å².